The number of aromatic amines is 1. The van der Waals surface area contributed by atoms with Crippen molar-refractivity contribution >= 4 is 29.3 Å². The van der Waals surface area contributed by atoms with E-state index in [1.165, 1.54) is 17.8 Å². The van der Waals surface area contributed by atoms with Crippen LogP contribution in [0.25, 0.3) is 0 Å². The van der Waals surface area contributed by atoms with Crippen LogP contribution in [0, 0.1) is 6.92 Å². The van der Waals surface area contributed by atoms with E-state index < -0.39 is 0 Å². The zero-order valence-electron chi connectivity index (χ0n) is 15.2. The predicted molar refractivity (Wildman–Crippen MR) is 107 cm³/mol. The van der Waals surface area contributed by atoms with Crippen molar-refractivity contribution in [2.75, 3.05) is 11.1 Å². The van der Waals surface area contributed by atoms with Crippen LogP contribution in [0.5, 0.6) is 0 Å². The van der Waals surface area contributed by atoms with Crippen LogP contribution in [-0.2, 0) is 12.2 Å². The number of nitrogen functional groups attached to an aromatic ring is 1. The van der Waals surface area contributed by atoms with Gasteiger partial charge in [0.2, 0.25) is 11.9 Å². The molecule has 4 N–H and O–H groups in total. The monoisotopic (exact) mass is 383 g/mol. The Bertz CT molecular complexity index is 989. The molecule has 1 aromatic carbocycles. The highest BCUT2D eigenvalue weighted by molar-refractivity contribution is 7.98. The molecule has 3 aromatic rings. The Labute approximate surface area is 161 Å². The molecular weight excluding hydrogens is 362 g/mol. The number of aryl methyl sites for hydroxylation is 2. The highest BCUT2D eigenvalue weighted by Crippen LogP contribution is 2.20. The summed E-state index contributed by atoms with van der Waals surface area (Å²) in [7, 11) is 0. The highest BCUT2D eigenvalue weighted by atomic mass is 32.2. The second kappa shape index (κ2) is 8.63. The fraction of sp³-hybridized carbons (Fsp3) is 0.278. The lowest BCUT2D eigenvalue weighted by Gasteiger charge is -2.09. The van der Waals surface area contributed by atoms with E-state index in [0.29, 0.717) is 22.7 Å². The van der Waals surface area contributed by atoms with Crippen LogP contribution in [0.4, 0.5) is 17.6 Å². The largest absolute Gasteiger partial charge is 0.368 e. The molecule has 0 radical (unpaired) electrons. The normalized spacial score (nSPS) is 10.7. The van der Waals surface area contributed by atoms with Gasteiger partial charge in [-0.05, 0) is 25.0 Å². The molecule has 0 atom stereocenters. The van der Waals surface area contributed by atoms with Crippen molar-refractivity contribution in [3.8, 4) is 0 Å². The summed E-state index contributed by atoms with van der Waals surface area (Å²) in [6, 6.07) is 9.36. The average molecular weight is 383 g/mol. The van der Waals surface area contributed by atoms with Gasteiger partial charge in [0.05, 0.1) is 5.75 Å². The van der Waals surface area contributed by atoms with E-state index in [0.717, 1.165) is 29.8 Å². The second-order valence-electron chi connectivity index (χ2n) is 5.95. The standard InChI is InChI=1S/C18H21N7OS/c1-3-6-12-9-15(26)24-18(20-12)27-10-14-22-16(19)25-17(23-14)21-13-8-5-4-7-11(13)2/h4-5,7-9H,3,6,10H2,1-2H3,(H,20,24,26)(H3,19,21,22,23,25). The van der Waals surface area contributed by atoms with E-state index in [4.69, 9.17) is 5.73 Å². The first kappa shape index (κ1) is 18.8. The summed E-state index contributed by atoms with van der Waals surface area (Å²) in [5, 5.41) is 3.70. The van der Waals surface area contributed by atoms with E-state index in [-0.39, 0.29) is 11.5 Å². The maximum atomic E-state index is 11.8. The van der Waals surface area contributed by atoms with Gasteiger partial charge in [0.1, 0.15) is 5.82 Å². The van der Waals surface area contributed by atoms with E-state index >= 15 is 0 Å². The van der Waals surface area contributed by atoms with Crippen molar-refractivity contribution in [3.05, 3.63) is 57.8 Å². The number of anilines is 3. The van der Waals surface area contributed by atoms with Crippen LogP contribution in [0.15, 0.2) is 40.3 Å². The molecule has 0 saturated heterocycles. The van der Waals surface area contributed by atoms with Crippen molar-refractivity contribution in [2.45, 2.75) is 37.6 Å². The minimum absolute atomic E-state index is 0.137. The zero-order valence-corrected chi connectivity index (χ0v) is 16.0. The lowest BCUT2D eigenvalue weighted by molar-refractivity contribution is 0.815. The van der Waals surface area contributed by atoms with Crippen molar-refractivity contribution in [3.63, 3.8) is 0 Å². The third-order valence-corrected chi connectivity index (χ3v) is 4.58. The van der Waals surface area contributed by atoms with Gasteiger partial charge in [-0.3, -0.25) is 4.79 Å². The van der Waals surface area contributed by atoms with Crippen molar-refractivity contribution in [1.29, 1.82) is 0 Å². The third-order valence-electron chi connectivity index (χ3n) is 3.71. The summed E-state index contributed by atoms with van der Waals surface area (Å²) in [6.07, 6.45) is 1.69. The van der Waals surface area contributed by atoms with Crippen molar-refractivity contribution < 1.29 is 0 Å². The first-order valence-corrected chi connectivity index (χ1v) is 9.58. The lowest BCUT2D eigenvalue weighted by Crippen LogP contribution is -2.10. The molecule has 0 bridgehead atoms. The van der Waals surface area contributed by atoms with Gasteiger partial charge >= 0.3 is 0 Å². The summed E-state index contributed by atoms with van der Waals surface area (Å²) < 4.78 is 0. The topological polar surface area (TPSA) is 122 Å². The van der Waals surface area contributed by atoms with E-state index in [1.54, 1.807) is 0 Å². The first-order valence-electron chi connectivity index (χ1n) is 8.59. The Morgan fingerprint density at radius 2 is 2.00 bits per heavy atom. The van der Waals surface area contributed by atoms with Crippen LogP contribution in [0.1, 0.15) is 30.4 Å². The maximum absolute atomic E-state index is 11.8. The molecule has 9 heteroatoms. The van der Waals surface area contributed by atoms with E-state index in [9.17, 15) is 4.79 Å². The Kier molecular flexibility index (Phi) is 6.02. The van der Waals surface area contributed by atoms with Gasteiger partial charge in [-0.1, -0.05) is 43.3 Å². The van der Waals surface area contributed by atoms with Crippen LogP contribution in [0.2, 0.25) is 0 Å². The minimum atomic E-state index is -0.159. The molecule has 0 spiro atoms. The highest BCUT2D eigenvalue weighted by Gasteiger charge is 2.09. The molecule has 0 fully saturated rings. The SMILES string of the molecule is CCCc1cc(=O)[nH]c(SCc2nc(N)nc(Nc3ccccc3C)n2)n1. The number of hydrogen-bond donors (Lipinski definition) is 3. The molecule has 27 heavy (non-hydrogen) atoms. The Morgan fingerprint density at radius 3 is 2.78 bits per heavy atom. The Morgan fingerprint density at radius 1 is 1.19 bits per heavy atom. The molecule has 2 heterocycles. The van der Waals surface area contributed by atoms with E-state index in [1.807, 2.05) is 38.1 Å². The molecule has 0 unspecified atom stereocenters. The fourth-order valence-corrected chi connectivity index (χ4v) is 3.21. The average Bonchev–Trinajstić information content (AvgIpc) is 2.61. The number of hydrogen-bond acceptors (Lipinski definition) is 8. The van der Waals surface area contributed by atoms with Gasteiger partial charge in [0.25, 0.3) is 5.56 Å². The summed E-state index contributed by atoms with van der Waals surface area (Å²) in [5.74, 6) is 1.44. The van der Waals surface area contributed by atoms with Gasteiger partial charge in [-0.25, -0.2) is 4.98 Å². The predicted octanol–water partition coefficient (Wildman–Crippen LogP) is 2.83. The zero-order chi connectivity index (χ0) is 19.2. The lowest BCUT2D eigenvalue weighted by atomic mass is 10.2. The van der Waals surface area contributed by atoms with E-state index in [2.05, 4.69) is 30.2 Å². The summed E-state index contributed by atoms with van der Waals surface area (Å²) >= 11 is 1.35. The van der Waals surface area contributed by atoms with Crippen molar-refractivity contribution in [1.82, 2.24) is 24.9 Å². The molecular formula is C18H21N7OS. The Balaban J connectivity index is 1.75. The number of thioether (sulfide) groups is 1. The summed E-state index contributed by atoms with van der Waals surface area (Å²) in [4.78, 5) is 31.7. The van der Waals surface area contributed by atoms with Crippen molar-refractivity contribution in [2.24, 2.45) is 0 Å². The number of nitrogens with two attached hydrogens (primary N) is 1. The smallest absolute Gasteiger partial charge is 0.251 e. The number of H-pyrrole nitrogens is 1. The Hall–Kier alpha value is -2.94. The minimum Gasteiger partial charge on any atom is -0.368 e. The molecule has 0 amide bonds. The maximum Gasteiger partial charge on any atom is 0.251 e. The number of benzene rings is 1. The summed E-state index contributed by atoms with van der Waals surface area (Å²) in [6.45, 7) is 4.04. The molecule has 3 rings (SSSR count). The molecule has 140 valence electrons. The van der Waals surface area contributed by atoms with Gasteiger partial charge in [0.15, 0.2) is 5.16 Å². The molecule has 0 saturated carbocycles. The van der Waals surface area contributed by atoms with Gasteiger partial charge in [0, 0.05) is 17.4 Å². The summed E-state index contributed by atoms with van der Waals surface area (Å²) in [5.41, 5.74) is 8.42. The van der Waals surface area contributed by atoms with Gasteiger partial charge < -0.3 is 16.0 Å². The molecule has 2 aromatic heterocycles. The van der Waals surface area contributed by atoms with Gasteiger partial charge in [-0.15, -0.1) is 0 Å². The first-order chi connectivity index (χ1) is 13.0. The number of nitrogens with zero attached hydrogens (tertiary/aromatic N) is 4. The number of aromatic nitrogens is 5. The van der Waals surface area contributed by atoms with Gasteiger partial charge in [-0.2, -0.15) is 15.0 Å². The fourth-order valence-electron chi connectivity index (χ4n) is 2.46. The quantitative estimate of drug-likeness (QED) is 0.420. The second-order valence-corrected chi connectivity index (χ2v) is 6.92. The van der Waals surface area contributed by atoms with Crippen LogP contribution >= 0.6 is 11.8 Å². The van der Waals surface area contributed by atoms with Crippen LogP contribution < -0.4 is 16.6 Å². The number of nitrogens with one attached hydrogen (secondary N) is 2. The molecule has 0 aliphatic rings. The van der Waals surface area contributed by atoms with Crippen LogP contribution in [0.3, 0.4) is 0 Å². The third kappa shape index (κ3) is 5.27. The molecule has 0 aliphatic carbocycles. The number of rotatable bonds is 7. The van der Waals surface area contributed by atoms with Crippen LogP contribution in [-0.4, -0.2) is 24.9 Å². The number of para-hydroxylation sites is 1. The molecule has 8 nitrogen and oxygen atoms in total. The molecule has 0 aliphatic heterocycles.